The minimum Gasteiger partial charge on any atom is -0.0776 e. The Labute approximate surface area is 315 Å². The van der Waals surface area contributed by atoms with Crippen LogP contribution in [-0.2, 0) is 16.2 Å². The molecule has 51 heavy (non-hydrogen) atoms. The molecule has 6 aromatic rings. The van der Waals surface area contributed by atoms with E-state index in [4.69, 9.17) is 0 Å². The summed E-state index contributed by atoms with van der Waals surface area (Å²) >= 11 is 0. The molecule has 0 fully saturated rings. The van der Waals surface area contributed by atoms with E-state index in [-0.39, 0.29) is 25.7 Å². The van der Waals surface area contributed by atoms with Gasteiger partial charge < -0.3 is 0 Å². The smallest absolute Gasteiger partial charge is 0.0126 e. The second-order valence-corrected chi connectivity index (χ2v) is 15.8. The summed E-state index contributed by atoms with van der Waals surface area (Å²) in [5, 5.41) is 5.36. The summed E-state index contributed by atoms with van der Waals surface area (Å²) in [4.78, 5) is 0. The molecular formula is C51H72. The highest BCUT2D eigenvalue weighted by Gasteiger charge is 2.16. The molecular weight excluding hydrogens is 613 g/mol. The van der Waals surface area contributed by atoms with Crippen molar-refractivity contribution >= 4 is 21.5 Å². The molecule has 6 aromatic carbocycles. The van der Waals surface area contributed by atoms with Crippen molar-refractivity contribution in [2.45, 2.75) is 127 Å². The van der Waals surface area contributed by atoms with Crippen molar-refractivity contribution in [3.8, 4) is 0 Å². The minimum absolute atomic E-state index is 0. The maximum Gasteiger partial charge on any atom is -0.0126 e. The lowest BCUT2D eigenvalue weighted by atomic mass is 9.84. The summed E-state index contributed by atoms with van der Waals surface area (Å²) in [7, 11) is 0. The summed E-state index contributed by atoms with van der Waals surface area (Å²) < 4.78 is 0. The van der Waals surface area contributed by atoms with Crippen molar-refractivity contribution < 1.29 is 0 Å². The fourth-order valence-electron chi connectivity index (χ4n) is 5.31. The zero-order valence-corrected chi connectivity index (χ0v) is 32.9. The van der Waals surface area contributed by atoms with Gasteiger partial charge in [0.1, 0.15) is 0 Å². The third-order valence-electron chi connectivity index (χ3n) is 8.32. The van der Waals surface area contributed by atoms with Crippen LogP contribution in [0.2, 0.25) is 0 Å². The van der Waals surface area contributed by atoms with Gasteiger partial charge in [0, 0.05) is 0 Å². The second-order valence-electron chi connectivity index (χ2n) is 15.8. The molecule has 0 heteroatoms. The summed E-state index contributed by atoms with van der Waals surface area (Å²) in [6, 6.07) is 51.4. The number of hydrogen-bond donors (Lipinski definition) is 0. The van der Waals surface area contributed by atoms with Gasteiger partial charge in [0.15, 0.2) is 0 Å². The molecule has 0 nitrogen and oxygen atoms in total. The Kier molecular flexibility index (Phi) is 20.1. The molecule has 0 aromatic heterocycles. The van der Waals surface area contributed by atoms with Crippen molar-refractivity contribution in [2.24, 2.45) is 0 Å². The second kappa shape index (κ2) is 21.9. The van der Waals surface area contributed by atoms with Crippen LogP contribution in [0.5, 0.6) is 0 Å². The zero-order chi connectivity index (χ0) is 36.7. The highest BCUT2D eigenvalue weighted by atomic mass is 14.2. The average Bonchev–Trinajstić information content (AvgIpc) is 3.09. The lowest BCUT2D eigenvalue weighted by Crippen LogP contribution is -2.11. The fraction of sp³-hybridized carbons (Fsp3) is 0.373. The van der Waals surface area contributed by atoms with Crippen LogP contribution in [0.25, 0.3) is 21.5 Å². The monoisotopic (exact) mass is 685 g/mol. The molecule has 0 aliphatic heterocycles. The maximum atomic E-state index is 2.29. The number of fused-ring (bicyclic) bond motifs is 2. The Morgan fingerprint density at radius 2 is 0.804 bits per heavy atom. The molecule has 0 amide bonds. The summed E-state index contributed by atoms with van der Waals surface area (Å²) in [6.45, 7) is 28.6. The average molecular weight is 685 g/mol. The molecule has 0 N–H and O–H groups in total. The van der Waals surface area contributed by atoms with Crippen LogP contribution in [0.15, 0.2) is 146 Å². The van der Waals surface area contributed by atoms with Crippen LogP contribution in [0.3, 0.4) is 0 Å². The molecule has 0 saturated heterocycles. The van der Waals surface area contributed by atoms with Crippen molar-refractivity contribution in [2.75, 3.05) is 0 Å². The van der Waals surface area contributed by atoms with Crippen LogP contribution in [-0.4, -0.2) is 0 Å². The topological polar surface area (TPSA) is 0 Å². The van der Waals surface area contributed by atoms with Crippen LogP contribution in [0.1, 0.15) is 133 Å². The highest BCUT2D eigenvalue weighted by molar-refractivity contribution is 5.86. The Hall–Kier alpha value is -4.16. The van der Waals surface area contributed by atoms with Gasteiger partial charge in [-0.1, -0.05) is 250 Å². The van der Waals surface area contributed by atoms with Gasteiger partial charge in [0.05, 0.1) is 0 Å². The molecule has 0 bridgehead atoms. The van der Waals surface area contributed by atoms with Crippen molar-refractivity contribution in [3.63, 3.8) is 0 Å². The van der Waals surface area contributed by atoms with Gasteiger partial charge >= 0.3 is 0 Å². The van der Waals surface area contributed by atoms with E-state index in [2.05, 4.69) is 216 Å². The van der Waals surface area contributed by atoms with Gasteiger partial charge in [0.25, 0.3) is 0 Å². The quantitative estimate of drug-likeness (QED) is 0.162. The lowest BCUT2D eigenvalue weighted by molar-refractivity contribution is 0.590. The third-order valence-corrected chi connectivity index (χ3v) is 8.32. The van der Waals surface area contributed by atoms with E-state index in [9.17, 15) is 0 Å². The molecule has 0 heterocycles. The van der Waals surface area contributed by atoms with Crippen molar-refractivity contribution in [1.29, 1.82) is 0 Å². The first kappa shape index (κ1) is 46.8. The molecule has 276 valence electrons. The number of rotatable bonds is 1. The van der Waals surface area contributed by atoms with Gasteiger partial charge in [-0.25, -0.2) is 0 Å². The molecule has 6 rings (SSSR count). The van der Waals surface area contributed by atoms with Crippen LogP contribution < -0.4 is 0 Å². The molecule has 0 spiro atoms. The van der Waals surface area contributed by atoms with Gasteiger partial charge in [-0.2, -0.15) is 0 Å². The molecule has 0 unspecified atom stereocenters. The number of benzene rings is 6. The van der Waals surface area contributed by atoms with Crippen molar-refractivity contribution in [1.82, 2.24) is 0 Å². The molecule has 0 aliphatic rings. The van der Waals surface area contributed by atoms with E-state index < -0.39 is 0 Å². The highest BCUT2D eigenvalue weighted by Crippen LogP contribution is 2.29. The van der Waals surface area contributed by atoms with Gasteiger partial charge in [-0.3, -0.25) is 0 Å². The first-order chi connectivity index (χ1) is 23.1. The Morgan fingerprint density at radius 3 is 1.25 bits per heavy atom. The van der Waals surface area contributed by atoms with E-state index >= 15 is 0 Å². The Morgan fingerprint density at radius 1 is 0.373 bits per heavy atom. The van der Waals surface area contributed by atoms with Gasteiger partial charge in [-0.15, -0.1) is 0 Å². The molecule has 0 aliphatic carbocycles. The van der Waals surface area contributed by atoms with Crippen LogP contribution in [0.4, 0.5) is 0 Å². The van der Waals surface area contributed by atoms with Gasteiger partial charge in [0.2, 0.25) is 0 Å². The van der Waals surface area contributed by atoms with Crippen LogP contribution in [0, 0.1) is 0 Å². The summed E-state index contributed by atoms with van der Waals surface area (Å²) in [6.07, 6.45) is 0. The van der Waals surface area contributed by atoms with E-state index in [0.29, 0.717) is 11.3 Å². The van der Waals surface area contributed by atoms with E-state index in [0.717, 1.165) is 0 Å². The predicted molar refractivity (Wildman–Crippen MR) is 236 cm³/mol. The molecule has 0 atom stereocenters. The molecule has 0 saturated carbocycles. The molecule has 0 radical (unpaired) electrons. The van der Waals surface area contributed by atoms with E-state index in [1.165, 1.54) is 43.8 Å². The third kappa shape index (κ3) is 15.7. The van der Waals surface area contributed by atoms with Crippen molar-refractivity contribution in [3.05, 3.63) is 168 Å². The standard InChI is InChI=1S/2C14H16.C10H14.C9H12.C2H6.2CH4/c1-14(2,3)13-10-6-8-11-7-4-5-9-12(11)13;1-14(2,3)13-9-8-11-6-4-5-7-12(11)10-13;1-10(2,3)9-7-5-4-6-8-9;1-8(2)9-6-4-3-5-7-9;1-2;;/h2*4-10H,1-3H3;4-8H,1-3H3;3-8H,1-2H3;1-2H3;2*1H4. The minimum atomic E-state index is 0. The zero-order valence-electron chi connectivity index (χ0n) is 32.9. The predicted octanol–water partition coefficient (Wildman–Crippen LogP) is 16.4. The number of hydrogen-bond acceptors (Lipinski definition) is 0. The first-order valence-electron chi connectivity index (χ1n) is 18.2. The Bertz CT molecular complexity index is 1760. The Balaban J connectivity index is 0.000000645. The van der Waals surface area contributed by atoms with Crippen LogP contribution >= 0.6 is 0 Å². The summed E-state index contributed by atoms with van der Waals surface area (Å²) in [5.74, 6) is 0.659. The first-order valence-corrected chi connectivity index (χ1v) is 18.2. The lowest BCUT2D eigenvalue weighted by Gasteiger charge is -2.21. The van der Waals surface area contributed by atoms with Gasteiger partial charge in [-0.05, 0) is 66.0 Å². The maximum absolute atomic E-state index is 2.29. The van der Waals surface area contributed by atoms with E-state index in [1.807, 2.05) is 19.9 Å². The SMILES string of the molecule is C.C.CC.CC(C)(C)c1ccc2ccccc2c1.CC(C)(C)c1cccc2ccccc12.CC(C)(C)c1ccccc1.CC(C)c1ccccc1. The normalized spacial score (nSPS) is 10.7. The largest absolute Gasteiger partial charge is 0.0776 e. The van der Waals surface area contributed by atoms with E-state index in [1.54, 1.807) is 0 Å². The summed E-state index contributed by atoms with van der Waals surface area (Å²) in [5.41, 5.74) is 6.39. The fourth-order valence-corrected chi connectivity index (χ4v) is 5.31.